The van der Waals surface area contributed by atoms with Crippen LogP contribution in [0.25, 0.3) is 86.0 Å². The van der Waals surface area contributed by atoms with Crippen molar-refractivity contribution in [3.8, 4) is 33.5 Å². The van der Waals surface area contributed by atoms with E-state index in [1.165, 1.54) is 74.7 Å². The van der Waals surface area contributed by atoms with Gasteiger partial charge in [0.15, 0.2) is 0 Å². The van der Waals surface area contributed by atoms with Crippen molar-refractivity contribution >= 4 is 63.8 Å². The van der Waals surface area contributed by atoms with E-state index in [9.17, 15) is 0 Å². The molecule has 0 N–H and O–H groups in total. The third-order valence-electron chi connectivity index (χ3n) is 9.31. The average Bonchev–Trinajstić information content (AvgIpc) is 3.58. The summed E-state index contributed by atoms with van der Waals surface area (Å²) in [4.78, 5) is 4.22. The number of benzene rings is 8. The van der Waals surface area contributed by atoms with Crippen LogP contribution in [0.5, 0.6) is 0 Å². The van der Waals surface area contributed by atoms with Crippen LogP contribution >= 0.6 is 11.3 Å². The molecule has 8 aromatic carbocycles. The standard InChI is InChI=1S/C36H22S.C11H8N.Ir/c1-2-13-29-27(11-1)28-12-3-4-14-30(28)34-22-24(19-20-31(29)34)23-9-7-10-25(21-23)26-16-8-17-33-32-15-5-6-18-35(32)37-36(26)33;1-2-6-10(7-3-1)11-8-4-5-9-12-11;/h1-22H;1-6,8-9H;/q;-1;. The quantitative estimate of drug-likeness (QED) is 0.128. The number of nitrogens with zero attached hydrogens (tertiary/aromatic N) is 1. The summed E-state index contributed by atoms with van der Waals surface area (Å²) in [5, 5.41) is 10.6. The molecule has 0 aliphatic heterocycles. The van der Waals surface area contributed by atoms with Gasteiger partial charge in [-0.3, -0.25) is 0 Å². The van der Waals surface area contributed by atoms with E-state index >= 15 is 0 Å². The molecule has 0 amide bonds. The normalized spacial score (nSPS) is 11.0. The van der Waals surface area contributed by atoms with Crippen molar-refractivity contribution in [1.29, 1.82) is 0 Å². The molecule has 2 aromatic heterocycles. The van der Waals surface area contributed by atoms with Gasteiger partial charge in [-0.2, -0.15) is 0 Å². The Morgan fingerprint density at radius 3 is 1.74 bits per heavy atom. The van der Waals surface area contributed by atoms with Crippen LogP contribution in [-0.2, 0) is 20.1 Å². The molecule has 0 unspecified atom stereocenters. The Hall–Kier alpha value is -5.44. The largest absolute Gasteiger partial charge is 0.305 e. The van der Waals surface area contributed by atoms with Gasteiger partial charge < -0.3 is 4.98 Å². The fourth-order valence-corrected chi connectivity index (χ4v) is 8.24. The zero-order chi connectivity index (χ0) is 32.6. The van der Waals surface area contributed by atoms with E-state index in [0.29, 0.717) is 0 Å². The van der Waals surface area contributed by atoms with E-state index in [4.69, 9.17) is 0 Å². The second-order valence-electron chi connectivity index (χ2n) is 12.2. The van der Waals surface area contributed by atoms with Gasteiger partial charge >= 0.3 is 0 Å². The second-order valence-corrected chi connectivity index (χ2v) is 13.3. The Morgan fingerprint density at radius 1 is 0.420 bits per heavy atom. The van der Waals surface area contributed by atoms with E-state index < -0.39 is 0 Å². The van der Waals surface area contributed by atoms with Gasteiger partial charge in [0.1, 0.15) is 0 Å². The Morgan fingerprint density at radius 2 is 1.02 bits per heavy atom. The first-order valence-electron chi connectivity index (χ1n) is 16.5. The molecule has 1 nitrogen and oxygen atoms in total. The average molecular weight is 833 g/mol. The van der Waals surface area contributed by atoms with Crippen LogP contribution in [0, 0.1) is 6.07 Å². The van der Waals surface area contributed by atoms with Crippen LogP contribution in [0.15, 0.2) is 182 Å². The number of aromatic nitrogens is 1. The summed E-state index contributed by atoms with van der Waals surface area (Å²) in [6, 6.07) is 65.8. The summed E-state index contributed by atoms with van der Waals surface area (Å²) in [5.74, 6) is 0. The first kappa shape index (κ1) is 31.8. The minimum absolute atomic E-state index is 0. The molecule has 10 aromatic rings. The molecule has 10 rings (SSSR count). The summed E-state index contributed by atoms with van der Waals surface area (Å²) >= 11 is 1.89. The van der Waals surface area contributed by atoms with Crippen LogP contribution in [0.2, 0.25) is 0 Å². The molecule has 0 saturated heterocycles. The summed E-state index contributed by atoms with van der Waals surface area (Å²) in [6.45, 7) is 0. The Kier molecular flexibility index (Phi) is 8.79. The molecule has 0 saturated carbocycles. The monoisotopic (exact) mass is 833 g/mol. The third kappa shape index (κ3) is 5.80. The first-order valence-corrected chi connectivity index (χ1v) is 17.4. The third-order valence-corrected chi connectivity index (χ3v) is 10.5. The molecule has 2 heterocycles. The van der Waals surface area contributed by atoms with E-state index in [1.807, 2.05) is 53.8 Å². The number of rotatable bonds is 3. The SMILES string of the molecule is [Ir].[c-]1ccccc1-c1ccccn1.c1cc(-c2ccc3c4ccccc4c4ccccc4c3c2)cc(-c2cccc3c2sc2ccccc23)c1. The Bertz CT molecular complexity index is 2700. The summed E-state index contributed by atoms with van der Waals surface area (Å²) in [5.41, 5.74) is 7.07. The number of pyridine rings is 1. The number of fused-ring (bicyclic) bond motifs is 9. The second kappa shape index (κ2) is 13.8. The maximum atomic E-state index is 4.22. The maximum absolute atomic E-state index is 4.22. The van der Waals surface area contributed by atoms with Crippen LogP contribution in [0.1, 0.15) is 0 Å². The van der Waals surface area contributed by atoms with Crippen LogP contribution < -0.4 is 0 Å². The smallest absolute Gasteiger partial charge is 0.0433 e. The van der Waals surface area contributed by atoms with Crippen LogP contribution in [0.4, 0.5) is 0 Å². The minimum atomic E-state index is 0. The van der Waals surface area contributed by atoms with Crippen molar-refractivity contribution in [2.24, 2.45) is 0 Å². The molecule has 0 aliphatic rings. The van der Waals surface area contributed by atoms with Gasteiger partial charge in [0.05, 0.1) is 0 Å². The minimum Gasteiger partial charge on any atom is -0.305 e. The van der Waals surface area contributed by atoms with Gasteiger partial charge in [-0.05, 0) is 84.5 Å². The molecule has 0 spiro atoms. The van der Waals surface area contributed by atoms with Gasteiger partial charge in [0, 0.05) is 46.5 Å². The molecular weight excluding hydrogens is 803 g/mol. The number of thiophene rings is 1. The molecule has 0 aliphatic carbocycles. The van der Waals surface area contributed by atoms with Crippen molar-refractivity contribution in [3.63, 3.8) is 0 Å². The summed E-state index contributed by atoms with van der Waals surface area (Å²) in [7, 11) is 0. The summed E-state index contributed by atoms with van der Waals surface area (Å²) < 4.78 is 2.70. The zero-order valence-corrected chi connectivity index (χ0v) is 30.2. The van der Waals surface area contributed by atoms with Crippen LogP contribution in [0.3, 0.4) is 0 Å². The Labute approximate surface area is 308 Å². The molecule has 1 radical (unpaired) electrons. The number of hydrogen-bond acceptors (Lipinski definition) is 2. The van der Waals surface area contributed by atoms with Crippen molar-refractivity contribution in [2.45, 2.75) is 0 Å². The van der Waals surface area contributed by atoms with Crippen molar-refractivity contribution in [2.75, 3.05) is 0 Å². The number of hydrogen-bond donors (Lipinski definition) is 0. The molecule has 239 valence electrons. The first-order chi connectivity index (χ1) is 24.3. The maximum Gasteiger partial charge on any atom is 0.0433 e. The predicted molar refractivity (Wildman–Crippen MR) is 211 cm³/mol. The van der Waals surface area contributed by atoms with Crippen molar-refractivity contribution in [1.82, 2.24) is 4.98 Å². The van der Waals surface area contributed by atoms with E-state index in [2.05, 4.69) is 145 Å². The molecule has 0 fully saturated rings. The van der Waals surface area contributed by atoms with Gasteiger partial charge in [-0.15, -0.1) is 47.2 Å². The zero-order valence-electron chi connectivity index (χ0n) is 27.0. The predicted octanol–water partition coefficient (Wildman–Crippen LogP) is 13.4. The van der Waals surface area contributed by atoms with Gasteiger partial charge in [-0.1, -0.05) is 127 Å². The molecule has 3 heteroatoms. The fourth-order valence-electron chi connectivity index (χ4n) is 7.00. The van der Waals surface area contributed by atoms with Gasteiger partial charge in [-0.25, -0.2) is 0 Å². The van der Waals surface area contributed by atoms with Crippen molar-refractivity contribution in [3.05, 3.63) is 188 Å². The molecule has 0 bridgehead atoms. The van der Waals surface area contributed by atoms with Crippen LogP contribution in [-0.4, -0.2) is 4.98 Å². The van der Waals surface area contributed by atoms with E-state index in [0.717, 1.165) is 11.3 Å². The van der Waals surface area contributed by atoms with E-state index in [1.54, 1.807) is 6.20 Å². The van der Waals surface area contributed by atoms with Crippen molar-refractivity contribution < 1.29 is 20.1 Å². The van der Waals surface area contributed by atoms with E-state index in [-0.39, 0.29) is 20.1 Å². The molecule has 0 atom stereocenters. The summed E-state index contributed by atoms with van der Waals surface area (Å²) in [6.07, 6.45) is 1.79. The molecular formula is C47H30IrNS-. The topological polar surface area (TPSA) is 12.9 Å². The van der Waals surface area contributed by atoms with Gasteiger partial charge in [0.2, 0.25) is 0 Å². The Balaban J connectivity index is 0.000000236. The molecule has 50 heavy (non-hydrogen) atoms. The fraction of sp³-hybridized carbons (Fsp3) is 0. The van der Waals surface area contributed by atoms with Gasteiger partial charge in [0.25, 0.3) is 0 Å².